The van der Waals surface area contributed by atoms with Crippen molar-refractivity contribution in [3.05, 3.63) is 53.6 Å². The van der Waals surface area contributed by atoms with Crippen LogP contribution in [0.5, 0.6) is 0 Å². The van der Waals surface area contributed by atoms with E-state index in [9.17, 15) is 9.18 Å². The summed E-state index contributed by atoms with van der Waals surface area (Å²) in [4.78, 5) is 26.1. The van der Waals surface area contributed by atoms with Crippen molar-refractivity contribution in [2.45, 2.75) is 45.3 Å². The molecule has 0 spiro atoms. The molecular weight excluding hydrogens is 411 g/mol. The first-order valence-electron chi connectivity index (χ1n) is 11.4. The normalized spacial score (nSPS) is 25.1. The number of carboxylic acid groups (broad SMARTS) is 1. The van der Waals surface area contributed by atoms with E-state index in [1.807, 2.05) is 16.9 Å². The van der Waals surface area contributed by atoms with Gasteiger partial charge in [0.2, 0.25) is 5.91 Å². The Morgan fingerprint density at radius 3 is 2.69 bits per heavy atom. The predicted octanol–water partition coefficient (Wildman–Crippen LogP) is 3.17. The number of amides is 1. The Morgan fingerprint density at radius 2 is 2.06 bits per heavy atom. The Hall–Kier alpha value is -2.74. The van der Waals surface area contributed by atoms with E-state index in [1.165, 1.54) is 11.6 Å². The number of benzene rings is 1. The summed E-state index contributed by atoms with van der Waals surface area (Å²) >= 11 is 0. The third kappa shape index (κ3) is 4.55. The topological polar surface area (TPSA) is 78.7 Å². The zero-order valence-corrected chi connectivity index (χ0v) is 18.4. The van der Waals surface area contributed by atoms with Gasteiger partial charge >= 0.3 is 0 Å². The number of nitrogens with zero attached hydrogens (tertiary/aromatic N) is 4. The highest BCUT2D eigenvalue weighted by molar-refractivity contribution is 5.80. The van der Waals surface area contributed by atoms with Crippen LogP contribution >= 0.6 is 0 Å². The third-order valence-corrected chi connectivity index (χ3v) is 7.08. The lowest BCUT2D eigenvalue weighted by molar-refractivity contribution is -0.139. The molecule has 8 heteroatoms. The number of carbonyl (C=O) groups excluding carboxylic acids is 1. The van der Waals surface area contributed by atoms with Crippen molar-refractivity contribution in [1.82, 2.24) is 19.6 Å². The molecule has 3 atom stereocenters. The number of hydrogen-bond donors (Lipinski definition) is 1. The molecule has 1 aromatic heterocycles. The van der Waals surface area contributed by atoms with Crippen LogP contribution in [0.2, 0.25) is 0 Å². The van der Waals surface area contributed by atoms with Gasteiger partial charge in [0.1, 0.15) is 5.82 Å². The van der Waals surface area contributed by atoms with E-state index in [0.717, 1.165) is 57.5 Å². The molecule has 7 nitrogen and oxygen atoms in total. The van der Waals surface area contributed by atoms with E-state index in [2.05, 4.69) is 28.0 Å². The number of hydrogen-bond acceptors (Lipinski definition) is 4. The van der Waals surface area contributed by atoms with Crippen molar-refractivity contribution >= 4 is 12.4 Å². The van der Waals surface area contributed by atoms with Crippen molar-refractivity contribution in [3.8, 4) is 0 Å². The Balaban J connectivity index is 0.000000775. The molecule has 3 fully saturated rings. The molecule has 2 aromatic rings. The lowest BCUT2D eigenvalue weighted by Gasteiger charge is -2.35. The molecule has 1 aliphatic carbocycles. The minimum Gasteiger partial charge on any atom is -0.483 e. The van der Waals surface area contributed by atoms with E-state index < -0.39 is 0 Å². The molecule has 1 aromatic carbocycles. The fourth-order valence-electron chi connectivity index (χ4n) is 5.42. The summed E-state index contributed by atoms with van der Waals surface area (Å²) in [5, 5.41) is 11.3. The molecule has 0 radical (unpaired) electrons. The summed E-state index contributed by atoms with van der Waals surface area (Å²) in [6.45, 7) is 6.34. The first kappa shape index (κ1) is 22.5. The van der Waals surface area contributed by atoms with Gasteiger partial charge in [0, 0.05) is 56.3 Å². The second kappa shape index (κ2) is 9.81. The summed E-state index contributed by atoms with van der Waals surface area (Å²) in [6.07, 6.45) is 7.24. The van der Waals surface area contributed by atoms with Gasteiger partial charge in [-0.2, -0.15) is 5.10 Å². The highest BCUT2D eigenvalue weighted by Gasteiger charge is 2.50. The fourth-order valence-corrected chi connectivity index (χ4v) is 5.42. The molecule has 32 heavy (non-hydrogen) atoms. The predicted molar refractivity (Wildman–Crippen MR) is 117 cm³/mol. The molecule has 3 aliphatic rings. The van der Waals surface area contributed by atoms with E-state index >= 15 is 0 Å². The van der Waals surface area contributed by atoms with Crippen LogP contribution in [-0.4, -0.2) is 56.7 Å². The maximum Gasteiger partial charge on any atom is 0.290 e. The maximum atomic E-state index is 14.0. The van der Waals surface area contributed by atoms with E-state index in [0.29, 0.717) is 11.8 Å². The zero-order valence-electron chi connectivity index (χ0n) is 18.4. The van der Waals surface area contributed by atoms with Gasteiger partial charge in [-0.15, -0.1) is 0 Å². The minimum absolute atomic E-state index is 0.00725. The van der Waals surface area contributed by atoms with Gasteiger partial charge in [-0.05, 0) is 43.4 Å². The Morgan fingerprint density at radius 1 is 1.28 bits per heavy atom. The average Bonchev–Trinajstić information content (AvgIpc) is 3.41. The maximum absolute atomic E-state index is 14.0. The van der Waals surface area contributed by atoms with Gasteiger partial charge in [0.05, 0.1) is 12.2 Å². The number of aromatic nitrogens is 2. The molecular formula is C24H31FN4O3. The van der Waals surface area contributed by atoms with E-state index in [-0.39, 0.29) is 30.2 Å². The molecule has 2 saturated heterocycles. The van der Waals surface area contributed by atoms with Crippen LogP contribution in [-0.2, 0) is 22.7 Å². The van der Waals surface area contributed by atoms with Gasteiger partial charge in [-0.3, -0.25) is 19.2 Å². The first-order chi connectivity index (χ1) is 15.5. The quantitative estimate of drug-likeness (QED) is 0.720. The largest absolute Gasteiger partial charge is 0.483 e. The number of fused-ring (bicyclic) bond motifs is 1. The number of halogens is 1. The van der Waals surface area contributed by atoms with Crippen LogP contribution in [0.15, 0.2) is 36.7 Å². The lowest BCUT2D eigenvalue weighted by Crippen LogP contribution is -2.41. The highest BCUT2D eigenvalue weighted by atomic mass is 19.1. The van der Waals surface area contributed by atoms with Gasteiger partial charge < -0.3 is 10.0 Å². The van der Waals surface area contributed by atoms with Gasteiger partial charge in [-0.1, -0.05) is 18.6 Å². The van der Waals surface area contributed by atoms with Gasteiger partial charge in [0.25, 0.3) is 6.47 Å². The van der Waals surface area contributed by atoms with Crippen LogP contribution in [0.1, 0.15) is 43.4 Å². The van der Waals surface area contributed by atoms with E-state index in [1.54, 1.807) is 12.1 Å². The van der Waals surface area contributed by atoms with Crippen molar-refractivity contribution in [2.75, 3.05) is 19.6 Å². The second-order valence-electron chi connectivity index (χ2n) is 9.05. The van der Waals surface area contributed by atoms with Gasteiger partial charge in [0.15, 0.2) is 0 Å². The van der Waals surface area contributed by atoms with Crippen molar-refractivity contribution in [1.29, 1.82) is 0 Å². The van der Waals surface area contributed by atoms with Crippen LogP contribution in [0.25, 0.3) is 0 Å². The number of aryl methyl sites for hydroxylation is 1. The summed E-state index contributed by atoms with van der Waals surface area (Å²) in [7, 11) is 0. The lowest BCUT2D eigenvalue weighted by atomic mass is 9.83. The number of carbonyl (C=O) groups is 2. The molecule has 172 valence electrons. The van der Waals surface area contributed by atoms with Crippen molar-refractivity contribution < 1.29 is 19.1 Å². The summed E-state index contributed by atoms with van der Waals surface area (Å²) < 4.78 is 16.0. The standard InChI is InChI=1S/C23H29FN4O.CH2O2/c1-2-27-12-16(10-25-27)11-26-13-19-14-28(23(29)17-5-3-6-17)22(21(19)15-26)18-7-4-8-20(24)9-18;2-1-3/h4,7-10,12,17,19,21-22H,2-3,5-6,11,13-15H2,1H3;1H,(H,2,3)/t19-,21-,22+;/m0./s1. The van der Waals surface area contributed by atoms with Crippen LogP contribution < -0.4 is 0 Å². The Kier molecular flexibility index (Phi) is 6.89. The summed E-state index contributed by atoms with van der Waals surface area (Å²) in [6, 6.07) is 6.87. The molecule has 1 saturated carbocycles. The number of likely N-dealkylation sites (tertiary alicyclic amines) is 2. The van der Waals surface area contributed by atoms with Gasteiger partial charge in [-0.25, -0.2) is 4.39 Å². The molecule has 1 amide bonds. The molecule has 5 rings (SSSR count). The molecule has 1 N–H and O–H groups in total. The molecule has 2 aliphatic heterocycles. The summed E-state index contributed by atoms with van der Waals surface area (Å²) in [5.41, 5.74) is 2.18. The third-order valence-electron chi connectivity index (χ3n) is 7.08. The Bertz CT molecular complexity index is 945. The monoisotopic (exact) mass is 442 g/mol. The van der Waals surface area contributed by atoms with E-state index in [4.69, 9.17) is 9.90 Å². The van der Waals surface area contributed by atoms with Crippen molar-refractivity contribution in [3.63, 3.8) is 0 Å². The highest BCUT2D eigenvalue weighted by Crippen LogP contribution is 2.47. The molecule has 3 heterocycles. The summed E-state index contributed by atoms with van der Waals surface area (Å²) in [5.74, 6) is 1.07. The second-order valence-corrected chi connectivity index (χ2v) is 9.05. The van der Waals surface area contributed by atoms with Crippen molar-refractivity contribution in [2.24, 2.45) is 17.8 Å². The SMILES string of the molecule is CCn1cc(CN2C[C@H]3CN(C(=O)C4CCC4)[C@H](c4cccc(F)c4)[C@H]3C2)cn1.O=CO. The van der Waals surface area contributed by atoms with Crippen LogP contribution in [0, 0.1) is 23.6 Å². The molecule has 0 bridgehead atoms. The fraction of sp³-hybridized carbons (Fsp3) is 0.542. The minimum atomic E-state index is -0.250. The first-order valence-corrected chi connectivity index (χ1v) is 11.4. The number of rotatable bonds is 5. The smallest absolute Gasteiger partial charge is 0.290 e. The van der Waals surface area contributed by atoms with Crippen LogP contribution in [0.4, 0.5) is 4.39 Å². The van der Waals surface area contributed by atoms with Crippen LogP contribution in [0.3, 0.4) is 0 Å². The average molecular weight is 443 g/mol. The Labute approximate surface area is 187 Å². The zero-order chi connectivity index (χ0) is 22.7. The molecule has 0 unspecified atom stereocenters.